The highest BCUT2D eigenvalue weighted by Gasteiger charge is 1.95. The molecule has 0 atom stereocenters. The maximum absolute atomic E-state index is 9.17. The van der Waals surface area contributed by atoms with E-state index >= 15 is 0 Å². The first-order valence-electron chi connectivity index (χ1n) is 8.18. The van der Waals surface area contributed by atoms with Crippen molar-refractivity contribution in [1.82, 2.24) is 0 Å². The molecule has 2 rings (SSSR count). The lowest BCUT2D eigenvalue weighted by Crippen LogP contribution is -1.86. The van der Waals surface area contributed by atoms with Gasteiger partial charge in [-0.1, -0.05) is 64.0 Å². The van der Waals surface area contributed by atoms with Crippen molar-refractivity contribution in [3.63, 3.8) is 0 Å². The van der Waals surface area contributed by atoms with Crippen LogP contribution in [0.4, 0.5) is 0 Å². The Balaban J connectivity index is 0.000000584. The number of aryl methyl sites for hydroxylation is 1. The summed E-state index contributed by atoms with van der Waals surface area (Å²) in [7, 11) is 0. The van der Waals surface area contributed by atoms with Gasteiger partial charge in [0.25, 0.3) is 0 Å². The van der Waals surface area contributed by atoms with Crippen LogP contribution in [-0.2, 0) is 11.2 Å². The summed E-state index contributed by atoms with van der Waals surface area (Å²) in [5.74, 6) is 0.365. The summed E-state index contributed by atoms with van der Waals surface area (Å²) in [6, 6.07) is 7.60. The molecule has 0 aromatic heterocycles. The van der Waals surface area contributed by atoms with E-state index in [1.54, 1.807) is 12.1 Å². The van der Waals surface area contributed by atoms with Crippen LogP contribution in [0.5, 0.6) is 5.75 Å². The average Bonchev–Trinajstić information content (AvgIpc) is 3.32. The van der Waals surface area contributed by atoms with Crippen molar-refractivity contribution < 1.29 is 9.84 Å². The molecule has 0 bridgehead atoms. The van der Waals surface area contributed by atoms with Crippen molar-refractivity contribution in [2.45, 2.75) is 64.7 Å². The highest BCUT2D eigenvalue weighted by Crippen LogP contribution is 2.14. The number of aromatic hydroxyl groups is 1. The van der Waals surface area contributed by atoms with Crippen molar-refractivity contribution in [2.75, 3.05) is 13.2 Å². The van der Waals surface area contributed by atoms with Crippen molar-refractivity contribution in [2.24, 2.45) is 0 Å². The topological polar surface area (TPSA) is 32.8 Å². The predicted octanol–water partition coefficient (Wildman–Crippen LogP) is 5.09. The van der Waals surface area contributed by atoms with E-state index < -0.39 is 0 Å². The number of ether oxygens (including phenoxy) is 1. The molecule has 2 nitrogen and oxygen atoms in total. The summed E-state index contributed by atoms with van der Waals surface area (Å²) >= 11 is 0. The van der Waals surface area contributed by atoms with Crippen LogP contribution in [0.15, 0.2) is 24.3 Å². The Bertz CT molecular complexity index is 314. The molecule has 0 saturated carbocycles. The van der Waals surface area contributed by atoms with Crippen molar-refractivity contribution in [3.05, 3.63) is 29.8 Å². The average molecular weight is 278 g/mol. The fourth-order valence-corrected chi connectivity index (χ4v) is 2.13. The molecule has 1 aliphatic rings. The van der Waals surface area contributed by atoms with Crippen LogP contribution >= 0.6 is 0 Å². The van der Waals surface area contributed by atoms with E-state index in [1.165, 1.54) is 56.9 Å². The van der Waals surface area contributed by atoms with Gasteiger partial charge in [0.1, 0.15) is 5.75 Å². The Morgan fingerprint density at radius 1 is 0.850 bits per heavy atom. The van der Waals surface area contributed by atoms with Crippen LogP contribution in [0.1, 0.15) is 63.9 Å². The molecule has 0 radical (unpaired) electrons. The molecule has 114 valence electrons. The molecular formula is C18H30O2. The Morgan fingerprint density at radius 3 is 1.85 bits per heavy atom. The van der Waals surface area contributed by atoms with Gasteiger partial charge in [0.2, 0.25) is 0 Å². The summed E-state index contributed by atoms with van der Waals surface area (Å²) in [5, 5.41) is 9.17. The van der Waals surface area contributed by atoms with Crippen molar-refractivity contribution >= 4 is 0 Å². The highest BCUT2D eigenvalue weighted by molar-refractivity contribution is 5.25. The van der Waals surface area contributed by atoms with Gasteiger partial charge in [0, 0.05) is 0 Å². The van der Waals surface area contributed by atoms with E-state index in [4.69, 9.17) is 5.11 Å². The zero-order valence-corrected chi connectivity index (χ0v) is 12.9. The molecule has 20 heavy (non-hydrogen) atoms. The van der Waals surface area contributed by atoms with Gasteiger partial charge in [0.15, 0.2) is 0 Å². The van der Waals surface area contributed by atoms with Gasteiger partial charge in [-0.15, -0.1) is 0 Å². The summed E-state index contributed by atoms with van der Waals surface area (Å²) < 4.78 is 4.50. The maximum Gasteiger partial charge on any atom is 0.115 e. The molecule has 1 aromatic rings. The lowest BCUT2D eigenvalue weighted by atomic mass is 10.0. The summed E-state index contributed by atoms with van der Waals surface area (Å²) in [4.78, 5) is 0. The maximum atomic E-state index is 9.17. The highest BCUT2D eigenvalue weighted by atomic mass is 16.6. The molecule has 0 unspecified atom stereocenters. The number of hydrogen-bond donors (Lipinski definition) is 1. The number of phenolic OH excluding ortho intramolecular Hbond substituents is 1. The van der Waals surface area contributed by atoms with Crippen molar-refractivity contribution in [1.29, 1.82) is 0 Å². The second-order valence-corrected chi connectivity index (χ2v) is 5.50. The molecule has 0 amide bonds. The standard InChI is InChI=1S/C16H26O.C2H4O/c1-2-3-4-5-6-7-8-9-10-15-11-13-16(17)14-12-15;1-2-3-1/h11-14,17H,2-10H2,1H3;1-2H2. The second-order valence-electron chi connectivity index (χ2n) is 5.50. The lowest BCUT2D eigenvalue weighted by Gasteiger charge is -2.02. The van der Waals surface area contributed by atoms with Gasteiger partial charge in [0.05, 0.1) is 13.2 Å². The first-order valence-corrected chi connectivity index (χ1v) is 8.18. The largest absolute Gasteiger partial charge is 0.508 e. The molecule has 1 N–H and O–H groups in total. The van der Waals surface area contributed by atoms with E-state index in [-0.39, 0.29) is 0 Å². The number of unbranched alkanes of at least 4 members (excludes halogenated alkanes) is 7. The number of hydrogen-bond acceptors (Lipinski definition) is 2. The van der Waals surface area contributed by atoms with E-state index in [9.17, 15) is 0 Å². The SMILES string of the molecule is C1CO1.CCCCCCCCCCc1ccc(O)cc1. The molecule has 0 aliphatic carbocycles. The van der Waals surface area contributed by atoms with Crippen LogP contribution in [0, 0.1) is 0 Å². The molecule has 2 heteroatoms. The van der Waals surface area contributed by atoms with E-state index in [2.05, 4.69) is 11.7 Å². The van der Waals surface area contributed by atoms with Crippen LogP contribution in [0.3, 0.4) is 0 Å². The zero-order valence-electron chi connectivity index (χ0n) is 12.9. The monoisotopic (exact) mass is 278 g/mol. The molecule has 1 aromatic carbocycles. The van der Waals surface area contributed by atoms with Gasteiger partial charge < -0.3 is 9.84 Å². The summed E-state index contributed by atoms with van der Waals surface area (Å²) in [6.07, 6.45) is 12.1. The summed E-state index contributed by atoms with van der Waals surface area (Å²) in [6.45, 7) is 4.26. The van der Waals surface area contributed by atoms with E-state index in [0.29, 0.717) is 5.75 Å². The van der Waals surface area contributed by atoms with Crippen molar-refractivity contribution in [3.8, 4) is 5.75 Å². The second kappa shape index (κ2) is 11.8. The quantitative estimate of drug-likeness (QED) is 0.504. The summed E-state index contributed by atoms with van der Waals surface area (Å²) in [5.41, 5.74) is 1.34. The first kappa shape index (κ1) is 17.0. The van der Waals surface area contributed by atoms with Gasteiger partial charge in [-0.05, 0) is 30.5 Å². The number of epoxide rings is 1. The molecule has 1 fully saturated rings. The normalized spacial score (nSPS) is 12.7. The Hall–Kier alpha value is -1.02. The van der Waals surface area contributed by atoms with Gasteiger partial charge in [-0.25, -0.2) is 0 Å². The minimum atomic E-state index is 0.365. The van der Waals surface area contributed by atoms with Crippen LogP contribution in [0.25, 0.3) is 0 Å². The number of phenols is 1. The number of rotatable bonds is 9. The molecule has 1 saturated heterocycles. The fraction of sp³-hybridized carbons (Fsp3) is 0.667. The fourth-order valence-electron chi connectivity index (χ4n) is 2.13. The van der Waals surface area contributed by atoms with Crippen LogP contribution < -0.4 is 0 Å². The van der Waals surface area contributed by atoms with Gasteiger partial charge in [-0.2, -0.15) is 0 Å². The Morgan fingerprint density at radius 2 is 1.35 bits per heavy atom. The molecule has 1 aliphatic heterocycles. The van der Waals surface area contributed by atoms with E-state index in [0.717, 1.165) is 19.6 Å². The smallest absolute Gasteiger partial charge is 0.115 e. The van der Waals surface area contributed by atoms with E-state index in [1.807, 2.05) is 12.1 Å². The third kappa shape index (κ3) is 10.9. The zero-order chi connectivity index (χ0) is 14.5. The van der Waals surface area contributed by atoms with Gasteiger partial charge >= 0.3 is 0 Å². The van der Waals surface area contributed by atoms with Gasteiger partial charge in [-0.3, -0.25) is 0 Å². The third-order valence-corrected chi connectivity index (χ3v) is 3.46. The molecule has 0 spiro atoms. The molecule has 1 heterocycles. The minimum Gasteiger partial charge on any atom is -0.508 e. The van der Waals surface area contributed by atoms with Crippen LogP contribution in [-0.4, -0.2) is 18.3 Å². The lowest BCUT2D eigenvalue weighted by molar-refractivity contribution is 0.475. The molecular weight excluding hydrogens is 248 g/mol. The Kier molecular flexibility index (Phi) is 10.0. The predicted molar refractivity (Wildman–Crippen MR) is 85.2 cm³/mol. The minimum absolute atomic E-state index is 0.365. The number of benzene rings is 1. The van der Waals surface area contributed by atoms with Crippen LogP contribution in [0.2, 0.25) is 0 Å². The Labute approximate surface area is 124 Å². The first-order chi connectivity index (χ1) is 9.83. The third-order valence-electron chi connectivity index (χ3n) is 3.46.